The number of thiazole rings is 1. The Hall–Kier alpha value is -3.65. The lowest BCUT2D eigenvalue weighted by Crippen LogP contribution is -2.56. The maximum atomic E-state index is 12.9. The lowest BCUT2D eigenvalue weighted by molar-refractivity contribution is -0.696. The Balaban J connectivity index is 1.55. The van der Waals surface area contributed by atoms with Crippen molar-refractivity contribution in [2.75, 3.05) is 18.6 Å². The van der Waals surface area contributed by atoms with Gasteiger partial charge in [0.1, 0.15) is 23.9 Å². The standard InChI is InChI=1S/C22H24N6O6S2/c1-34-27-16(13-10-36-22(23)24-13)18(29)25-17(21(32)33)19-26-15(20(30)31)12(9-35-19)8-28-7-3-5-11-4-2-6-14(11)28/h3,5,7,10,17,19,26H,2,4,6,8-9H2,1H3,(H4-,23,24,25,29,30,31,32,33)/p+1/b27-16-/t17-,19+/m0/s1. The van der Waals surface area contributed by atoms with Crippen molar-refractivity contribution in [3.05, 3.63) is 51.9 Å². The fourth-order valence-electron chi connectivity index (χ4n) is 4.20. The third-order valence-corrected chi connectivity index (χ3v) is 7.75. The predicted molar refractivity (Wildman–Crippen MR) is 132 cm³/mol. The summed E-state index contributed by atoms with van der Waals surface area (Å²) in [5, 5.41) is 29.4. The Bertz CT molecular complexity index is 1260. The van der Waals surface area contributed by atoms with Crippen molar-refractivity contribution in [2.45, 2.75) is 37.2 Å². The molecule has 3 heterocycles. The van der Waals surface area contributed by atoms with Crippen molar-refractivity contribution in [2.24, 2.45) is 5.16 Å². The van der Waals surface area contributed by atoms with Gasteiger partial charge in [-0.2, -0.15) is 4.57 Å². The van der Waals surface area contributed by atoms with Gasteiger partial charge in [0, 0.05) is 34.8 Å². The Morgan fingerprint density at radius 1 is 1.39 bits per heavy atom. The molecule has 0 aromatic carbocycles. The summed E-state index contributed by atoms with van der Waals surface area (Å²) in [6, 6.07) is 2.56. The number of thioether (sulfide) groups is 1. The summed E-state index contributed by atoms with van der Waals surface area (Å²) in [4.78, 5) is 45.8. The first kappa shape index (κ1) is 25.4. The number of nitrogen functional groups attached to an aromatic ring is 1. The number of rotatable bonds is 9. The Morgan fingerprint density at radius 3 is 2.86 bits per heavy atom. The lowest BCUT2D eigenvalue weighted by atomic mass is 10.1. The topological polar surface area (TPSA) is 180 Å². The number of nitrogens with zero attached hydrogens (tertiary/aromatic N) is 3. The van der Waals surface area contributed by atoms with Crippen LogP contribution >= 0.6 is 23.1 Å². The van der Waals surface area contributed by atoms with E-state index in [0.29, 0.717) is 12.1 Å². The summed E-state index contributed by atoms with van der Waals surface area (Å²) in [6.07, 6.45) is 4.91. The molecule has 0 spiro atoms. The molecular formula is C22H25N6O6S2+. The highest BCUT2D eigenvalue weighted by Gasteiger charge is 2.38. The van der Waals surface area contributed by atoms with Crippen LogP contribution in [0.3, 0.4) is 0 Å². The number of carbonyl (C=O) groups is 3. The number of carboxylic acid groups (broad SMARTS) is 2. The number of fused-ring (bicyclic) bond motifs is 1. The predicted octanol–water partition coefficient (Wildman–Crippen LogP) is 0.123. The van der Waals surface area contributed by atoms with Crippen LogP contribution in [0, 0.1) is 0 Å². The number of nitrogens with two attached hydrogens (primary N) is 1. The Morgan fingerprint density at radius 2 is 2.19 bits per heavy atom. The van der Waals surface area contributed by atoms with E-state index in [0.717, 1.165) is 30.6 Å². The Labute approximate surface area is 214 Å². The molecule has 1 aliphatic heterocycles. The summed E-state index contributed by atoms with van der Waals surface area (Å²) in [6.45, 7) is 0.373. The van der Waals surface area contributed by atoms with Gasteiger partial charge in [-0.3, -0.25) is 4.79 Å². The first-order chi connectivity index (χ1) is 17.3. The van der Waals surface area contributed by atoms with Gasteiger partial charge in [0.2, 0.25) is 0 Å². The van der Waals surface area contributed by atoms with E-state index in [2.05, 4.69) is 26.8 Å². The molecule has 1 amide bonds. The minimum atomic E-state index is -1.47. The Kier molecular flexibility index (Phi) is 7.74. The molecule has 0 fully saturated rings. The molecule has 0 radical (unpaired) electrons. The van der Waals surface area contributed by atoms with Crippen molar-refractivity contribution in [1.82, 2.24) is 15.6 Å². The fraction of sp³-hybridized carbons (Fsp3) is 0.364. The average Bonchev–Trinajstić information content (AvgIpc) is 3.50. The molecule has 2 aromatic heterocycles. The molecule has 2 atom stereocenters. The van der Waals surface area contributed by atoms with Crippen molar-refractivity contribution in [3.63, 3.8) is 0 Å². The van der Waals surface area contributed by atoms with Crippen LogP contribution in [0.2, 0.25) is 0 Å². The second-order valence-corrected chi connectivity index (χ2v) is 10.1. The van der Waals surface area contributed by atoms with Crippen LogP contribution in [0.25, 0.3) is 0 Å². The smallest absolute Gasteiger partial charge is 0.352 e. The first-order valence-electron chi connectivity index (χ1n) is 11.0. The highest BCUT2D eigenvalue weighted by molar-refractivity contribution is 8.00. The molecule has 4 rings (SSSR count). The van der Waals surface area contributed by atoms with Crippen LogP contribution in [-0.2, 0) is 38.6 Å². The van der Waals surface area contributed by atoms with E-state index in [1.165, 1.54) is 35.5 Å². The van der Waals surface area contributed by atoms with Gasteiger partial charge in [0.15, 0.2) is 35.3 Å². The van der Waals surface area contributed by atoms with Crippen molar-refractivity contribution in [3.8, 4) is 0 Å². The van der Waals surface area contributed by atoms with Gasteiger partial charge in [-0.25, -0.2) is 14.6 Å². The van der Waals surface area contributed by atoms with Gasteiger partial charge in [0.25, 0.3) is 5.91 Å². The molecule has 2 aliphatic rings. The van der Waals surface area contributed by atoms with E-state index in [9.17, 15) is 24.6 Å². The van der Waals surface area contributed by atoms with Gasteiger partial charge >= 0.3 is 11.9 Å². The van der Waals surface area contributed by atoms with Crippen molar-refractivity contribution >= 4 is 51.8 Å². The van der Waals surface area contributed by atoms with E-state index in [1.54, 1.807) is 0 Å². The molecule has 0 bridgehead atoms. The summed E-state index contributed by atoms with van der Waals surface area (Å²) in [5.74, 6) is -3.11. The zero-order chi connectivity index (χ0) is 25.8. The van der Waals surface area contributed by atoms with Crippen LogP contribution in [-0.4, -0.2) is 63.0 Å². The van der Waals surface area contributed by atoms with Crippen LogP contribution in [0.15, 0.2) is 40.1 Å². The van der Waals surface area contributed by atoms with Gasteiger partial charge in [-0.15, -0.1) is 23.1 Å². The highest BCUT2D eigenvalue weighted by Crippen LogP contribution is 2.26. The zero-order valence-corrected chi connectivity index (χ0v) is 20.9. The quantitative estimate of drug-likeness (QED) is 0.169. The van der Waals surface area contributed by atoms with Gasteiger partial charge in [0.05, 0.1) is 0 Å². The van der Waals surface area contributed by atoms with E-state index >= 15 is 0 Å². The molecule has 6 N–H and O–H groups in total. The van der Waals surface area contributed by atoms with Gasteiger partial charge < -0.3 is 31.4 Å². The zero-order valence-electron chi connectivity index (χ0n) is 19.3. The van der Waals surface area contributed by atoms with Gasteiger partial charge in [-0.1, -0.05) is 5.16 Å². The number of hydrogen-bond donors (Lipinski definition) is 5. The maximum absolute atomic E-state index is 12.9. The molecule has 190 valence electrons. The number of carbonyl (C=O) groups excluding carboxylic acids is 1. The molecule has 14 heteroatoms. The molecule has 2 aromatic rings. The summed E-state index contributed by atoms with van der Waals surface area (Å²) in [5.41, 5.74) is 8.52. The van der Waals surface area contributed by atoms with E-state index in [4.69, 9.17) is 10.6 Å². The molecule has 12 nitrogen and oxygen atoms in total. The molecule has 36 heavy (non-hydrogen) atoms. The normalized spacial score (nSPS) is 18.2. The SMILES string of the molecule is CO/N=C(\C(=O)N[C@H](C(=O)O)[C@@H]1NC(C(=O)O)=C(C[n+]2cccc3c2CCC3)CS1)c1csc(N)n1. The number of anilines is 1. The summed E-state index contributed by atoms with van der Waals surface area (Å²) < 4.78 is 2.05. The number of pyridine rings is 1. The van der Waals surface area contributed by atoms with Crippen LogP contribution in [0.4, 0.5) is 5.13 Å². The third kappa shape index (κ3) is 5.44. The molecular weight excluding hydrogens is 508 g/mol. The third-order valence-electron chi connectivity index (χ3n) is 5.81. The summed E-state index contributed by atoms with van der Waals surface area (Å²) in [7, 11) is 1.24. The number of nitrogens with one attached hydrogen (secondary N) is 2. The van der Waals surface area contributed by atoms with Crippen molar-refractivity contribution in [1.29, 1.82) is 0 Å². The highest BCUT2D eigenvalue weighted by atomic mass is 32.2. The second kappa shape index (κ2) is 11.0. The van der Waals surface area contributed by atoms with Crippen molar-refractivity contribution < 1.29 is 34.0 Å². The average molecular weight is 534 g/mol. The van der Waals surface area contributed by atoms with Gasteiger partial charge in [-0.05, 0) is 18.9 Å². The lowest BCUT2D eigenvalue weighted by Gasteiger charge is -2.30. The minimum Gasteiger partial charge on any atom is -0.480 e. The van der Waals surface area contributed by atoms with Crippen LogP contribution in [0.5, 0.6) is 0 Å². The van der Waals surface area contributed by atoms with E-state index in [-0.39, 0.29) is 28.0 Å². The molecule has 0 unspecified atom stereocenters. The van der Waals surface area contributed by atoms with E-state index in [1.807, 2.05) is 16.8 Å². The van der Waals surface area contributed by atoms with E-state index < -0.39 is 29.3 Å². The maximum Gasteiger partial charge on any atom is 0.352 e. The number of aryl methyl sites for hydroxylation is 1. The molecule has 0 saturated carbocycles. The first-order valence-corrected chi connectivity index (χ1v) is 12.9. The number of hydrogen-bond acceptors (Lipinski definition) is 10. The number of aliphatic carboxylic acids is 2. The summed E-state index contributed by atoms with van der Waals surface area (Å²) >= 11 is 2.29. The van der Waals surface area contributed by atoms with Crippen LogP contribution < -0.4 is 20.9 Å². The fourth-order valence-corrected chi connectivity index (χ4v) is 5.94. The number of aromatic nitrogens is 2. The number of carboxylic acids is 2. The second-order valence-electron chi connectivity index (χ2n) is 8.10. The number of amides is 1. The monoisotopic (exact) mass is 533 g/mol. The largest absolute Gasteiger partial charge is 0.480 e. The number of oxime groups is 1. The minimum absolute atomic E-state index is 0.0691. The molecule has 1 aliphatic carbocycles. The molecule has 0 saturated heterocycles. The van der Waals surface area contributed by atoms with Crippen LogP contribution in [0.1, 0.15) is 23.4 Å².